The minimum atomic E-state index is -3.76. The van der Waals surface area contributed by atoms with Gasteiger partial charge in [0.05, 0.1) is 4.90 Å². The highest BCUT2D eigenvalue weighted by Crippen LogP contribution is 2.21. The summed E-state index contributed by atoms with van der Waals surface area (Å²) in [6.07, 6.45) is 0. The quantitative estimate of drug-likeness (QED) is 0.681. The van der Waals surface area contributed by atoms with E-state index in [2.05, 4.69) is 20.2 Å². The summed E-state index contributed by atoms with van der Waals surface area (Å²) in [6.45, 7) is 3.74. The molecule has 1 heterocycles. The van der Waals surface area contributed by atoms with Crippen molar-refractivity contribution in [1.82, 2.24) is 10.2 Å². The van der Waals surface area contributed by atoms with Gasteiger partial charge in [0.1, 0.15) is 0 Å². The Labute approximate surface area is 157 Å². The Morgan fingerprint density at radius 3 is 2.31 bits per heavy atom. The average molecular weight is 389 g/mol. The minimum Gasteiger partial charge on any atom is -0.339 e. The number of rotatable bonds is 5. The van der Waals surface area contributed by atoms with Crippen LogP contribution >= 0.6 is 11.6 Å². The molecule has 0 saturated carbocycles. The van der Waals surface area contributed by atoms with Crippen LogP contribution in [0.15, 0.2) is 59.5 Å². The summed E-state index contributed by atoms with van der Waals surface area (Å²) in [5.74, 6) is 0.647. The first kappa shape index (κ1) is 18.2. The first-order valence-electron chi connectivity index (χ1n) is 7.80. The molecular formula is C18H17ClN4O2S. The predicted octanol–water partition coefficient (Wildman–Crippen LogP) is 4.29. The molecule has 26 heavy (non-hydrogen) atoms. The molecule has 8 heteroatoms. The number of aryl methyl sites for hydroxylation is 2. The summed E-state index contributed by atoms with van der Waals surface area (Å²) in [6, 6.07) is 15.5. The van der Waals surface area contributed by atoms with Gasteiger partial charge in [0.2, 0.25) is 0 Å². The van der Waals surface area contributed by atoms with Crippen LogP contribution in [0.3, 0.4) is 0 Å². The van der Waals surface area contributed by atoms with Crippen LogP contribution in [0.25, 0.3) is 0 Å². The molecule has 0 aliphatic carbocycles. The molecule has 2 N–H and O–H groups in total. The van der Waals surface area contributed by atoms with Gasteiger partial charge in [-0.05, 0) is 67.4 Å². The SMILES string of the molecule is Cc1cccc(Nc2ccc(NS(=O)(=O)c3ccc(Cl)c(C)c3)nn2)c1. The second-order valence-corrected chi connectivity index (χ2v) is 7.90. The number of halogens is 1. The number of anilines is 3. The standard InChI is InChI=1S/C18H17ClN4O2S/c1-12-4-3-5-14(10-12)20-17-8-9-18(22-21-17)23-26(24,25)15-6-7-16(19)13(2)11-15/h3-11H,1-2H3,(H,20,21)(H,22,23). The van der Waals surface area contributed by atoms with Crippen LogP contribution in [0, 0.1) is 13.8 Å². The van der Waals surface area contributed by atoms with Crippen molar-refractivity contribution < 1.29 is 8.42 Å². The van der Waals surface area contributed by atoms with Crippen LogP contribution in [-0.2, 0) is 10.0 Å². The van der Waals surface area contributed by atoms with Crippen molar-refractivity contribution in [3.05, 3.63) is 70.7 Å². The van der Waals surface area contributed by atoms with E-state index in [9.17, 15) is 8.42 Å². The predicted molar refractivity (Wildman–Crippen MR) is 103 cm³/mol. The average Bonchev–Trinajstić information content (AvgIpc) is 2.59. The molecule has 0 aliphatic rings. The molecule has 6 nitrogen and oxygen atoms in total. The third kappa shape index (κ3) is 4.30. The molecule has 0 fully saturated rings. The highest BCUT2D eigenvalue weighted by atomic mass is 35.5. The summed E-state index contributed by atoms with van der Waals surface area (Å²) in [4.78, 5) is 0.114. The van der Waals surface area contributed by atoms with Gasteiger partial charge in [0, 0.05) is 10.7 Å². The van der Waals surface area contributed by atoms with E-state index < -0.39 is 10.0 Å². The summed E-state index contributed by atoms with van der Waals surface area (Å²) < 4.78 is 27.3. The van der Waals surface area contributed by atoms with Crippen molar-refractivity contribution >= 4 is 38.9 Å². The van der Waals surface area contributed by atoms with Crippen LogP contribution in [0.4, 0.5) is 17.3 Å². The molecule has 3 aromatic rings. The van der Waals surface area contributed by atoms with Gasteiger partial charge in [0.15, 0.2) is 11.6 Å². The number of nitrogens with zero attached hydrogens (tertiary/aromatic N) is 2. The molecule has 0 atom stereocenters. The van der Waals surface area contributed by atoms with E-state index in [0.717, 1.165) is 11.3 Å². The maximum atomic E-state index is 12.4. The highest BCUT2D eigenvalue weighted by molar-refractivity contribution is 7.92. The van der Waals surface area contributed by atoms with E-state index >= 15 is 0 Å². The number of sulfonamides is 1. The van der Waals surface area contributed by atoms with Crippen molar-refractivity contribution in [1.29, 1.82) is 0 Å². The van der Waals surface area contributed by atoms with Gasteiger partial charge < -0.3 is 5.32 Å². The lowest BCUT2D eigenvalue weighted by molar-refractivity contribution is 0.601. The van der Waals surface area contributed by atoms with E-state index in [4.69, 9.17) is 11.6 Å². The summed E-state index contributed by atoms with van der Waals surface area (Å²) >= 11 is 5.94. The zero-order valence-electron chi connectivity index (χ0n) is 14.2. The number of aromatic nitrogens is 2. The van der Waals surface area contributed by atoms with E-state index in [1.807, 2.05) is 31.2 Å². The third-order valence-corrected chi connectivity index (χ3v) is 5.41. The van der Waals surface area contributed by atoms with Gasteiger partial charge in [0.25, 0.3) is 10.0 Å². The molecule has 3 rings (SSSR count). The second-order valence-electron chi connectivity index (χ2n) is 5.81. The zero-order valence-corrected chi connectivity index (χ0v) is 15.8. The molecule has 2 aromatic carbocycles. The van der Waals surface area contributed by atoms with Crippen LogP contribution in [0.2, 0.25) is 5.02 Å². The Bertz CT molecular complexity index is 1040. The largest absolute Gasteiger partial charge is 0.339 e. The fourth-order valence-corrected chi connectivity index (χ4v) is 3.50. The fourth-order valence-electron chi connectivity index (χ4n) is 2.31. The van der Waals surface area contributed by atoms with Crippen LogP contribution < -0.4 is 10.0 Å². The summed E-state index contributed by atoms with van der Waals surface area (Å²) in [5.41, 5.74) is 2.67. The zero-order chi connectivity index (χ0) is 18.7. The van der Waals surface area contributed by atoms with Crippen LogP contribution in [-0.4, -0.2) is 18.6 Å². The van der Waals surface area contributed by atoms with E-state index in [1.165, 1.54) is 12.1 Å². The normalized spacial score (nSPS) is 11.2. The maximum Gasteiger partial charge on any atom is 0.263 e. The highest BCUT2D eigenvalue weighted by Gasteiger charge is 2.16. The molecule has 0 radical (unpaired) electrons. The molecule has 0 amide bonds. The topological polar surface area (TPSA) is 84.0 Å². The van der Waals surface area contributed by atoms with Gasteiger partial charge in [-0.25, -0.2) is 8.42 Å². The lowest BCUT2D eigenvalue weighted by Gasteiger charge is -2.09. The fraction of sp³-hybridized carbons (Fsp3) is 0.111. The maximum absolute atomic E-state index is 12.4. The van der Waals surface area contributed by atoms with Crippen LogP contribution in [0.5, 0.6) is 0 Å². The molecular weight excluding hydrogens is 372 g/mol. The molecule has 134 valence electrons. The summed E-state index contributed by atoms with van der Waals surface area (Å²) in [5, 5.41) is 11.5. The molecule has 0 unspecified atom stereocenters. The minimum absolute atomic E-state index is 0.114. The van der Waals surface area contributed by atoms with Crippen molar-refractivity contribution in [2.24, 2.45) is 0 Å². The Morgan fingerprint density at radius 2 is 1.65 bits per heavy atom. The van der Waals surface area contributed by atoms with Gasteiger partial charge in [-0.2, -0.15) is 0 Å². The molecule has 1 aromatic heterocycles. The first-order chi connectivity index (χ1) is 12.3. The number of nitrogens with one attached hydrogen (secondary N) is 2. The van der Waals surface area contributed by atoms with Gasteiger partial charge in [-0.1, -0.05) is 23.7 Å². The molecule has 0 saturated heterocycles. The van der Waals surface area contributed by atoms with E-state index in [1.54, 1.807) is 25.1 Å². The third-order valence-electron chi connectivity index (χ3n) is 3.63. The van der Waals surface area contributed by atoms with E-state index in [-0.39, 0.29) is 10.7 Å². The smallest absolute Gasteiger partial charge is 0.263 e. The molecule has 0 bridgehead atoms. The summed E-state index contributed by atoms with van der Waals surface area (Å²) in [7, 11) is -3.76. The monoisotopic (exact) mass is 388 g/mol. The van der Waals surface area contributed by atoms with Crippen LogP contribution in [0.1, 0.15) is 11.1 Å². The van der Waals surface area contributed by atoms with Gasteiger partial charge in [-0.3, -0.25) is 4.72 Å². The van der Waals surface area contributed by atoms with Crippen molar-refractivity contribution in [2.45, 2.75) is 18.7 Å². The Kier molecular flexibility index (Phi) is 5.11. The number of hydrogen-bond acceptors (Lipinski definition) is 5. The molecule has 0 spiro atoms. The second kappa shape index (κ2) is 7.31. The van der Waals surface area contributed by atoms with Gasteiger partial charge >= 0.3 is 0 Å². The lowest BCUT2D eigenvalue weighted by Crippen LogP contribution is -2.14. The Morgan fingerprint density at radius 1 is 0.923 bits per heavy atom. The van der Waals surface area contributed by atoms with Crippen molar-refractivity contribution in [2.75, 3.05) is 10.0 Å². The van der Waals surface area contributed by atoms with Crippen molar-refractivity contribution in [3.63, 3.8) is 0 Å². The van der Waals surface area contributed by atoms with E-state index in [0.29, 0.717) is 16.4 Å². The van der Waals surface area contributed by atoms with Crippen molar-refractivity contribution in [3.8, 4) is 0 Å². The number of benzene rings is 2. The lowest BCUT2D eigenvalue weighted by atomic mass is 10.2. The number of hydrogen-bond donors (Lipinski definition) is 2. The first-order valence-corrected chi connectivity index (χ1v) is 9.66. The Hall–Kier alpha value is -2.64. The Balaban J connectivity index is 1.75. The molecule has 0 aliphatic heterocycles. The van der Waals surface area contributed by atoms with Gasteiger partial charge in [-0.15, -0.1) is 10.2 Å².